The van der Waals surface area contributed by atoms with Gasteiger partial charge in [0.15, 0.2) is 0 Å². The van der Waals surface area contributed by atoms with Crippen molar-refractivity contribution in [2.24, 2.45) is 5.92 Å². The van der Waals surface area contributed by atoms with Gasteiger partial charge in [0.05, 0.1) is 6.54 Å². The lowest BCUT2D eigenvalue weighted by Crippen LogP contribution is -2.44. The molecule has 0 aromatic carbocycles. The van der Waals surface area contributed by atoms with Crippen LogP contribution in [0.5, 0.6) is 0 Å². The monoisotopic (exact) mass is 250 g/mol. The molecule has 0 radical (unpaired) electrons. The molecule has 1 aromatic heterocycles. The van der Waals surface area contributed by atoms with Gasteiger partial charge in [-0.05, 0) is 49.9 Å². The number of carbonyl (C=O) groups excluding carboxylic acids is 1. The number of carbonyl (C=O) groups is 1. The van der Waals surface area contributed by atoms with Crippen LogP contribution in [0.25, 0.3) is 0 Å². The van der Waals surface area contributed by atoms with Crippen LogP contribution in [0, 0.1) is 5.92 Å². The predicted octanol–water partition coefficient (Wildman–Crippen LogP) is 1.46. The Kier molecular flexibility index (Phi) is 3.16. The molecule has 1 fully saturated rings. The molecule has 0 atom stereocenters. The molecule has 92 valence electrons. The maximum absolute atomic E-state index is 11.7. The van der Waals surface area contributed by atoms with Crippen LogP contribution in [-0.4, -0.2) is 19.0 Å². The smallest absolute Gasteiger partial charge is 0.220 e. The molecule has 1 aromatic rings. The van der Waals surface area contributed by atoms with Crippen LogP contribution in [0.1, 0.15) is 28.2 Å². The van der Waals surface area contributed by atoms with Gasteiger partial charge in [0.1, 0.15) is 0 Å². The van der Waals surface area contributed by atoms with Crippen molar-refractivity contribution >= 4 is 17.2 Å². The van der Waals surface area contributed by atoms with Crippen LogP contribution in [0.2, 0.25) is 0 Å². The number of hydrogen-bond acceptors (Lipinski definition) is 3. The third-order valence-electron chi connectivity index (χ3n) is 3.60. The van der Waals surface area contributed by atoms with Crippen molar-refractivity contribution in [1.29, 1.82) is 0 Å². The second-order valence-corrected chi connectivity index (χ2v) is 6.24. The normalized spacial score (nSPS) is 18.8. The van der Waals surface area contributed by atoms with E-state index in [-0.39, 0.29) is 5.91 Å². The number of aryl methyl sites for hydroxylation is 2. The summed E-state index contributed by atoms with van der Waals surface area (Å²) in [6.07, 6.45) is 4.45. The van der Waals surface area contributed by atoms with Gasteiger partial charge in [0, 0.05) is 16.2 Å². The summed E-state index contributed by atoms with van der Waals surface area (Å²) in [4.78, 5) is 14.5. The Bertz CT molecular complexity index is 402. The second kappa shape index (κ2) is 4.78. The minimum atomic E-state index is 0.199. The molecule has 0 saturated carbocycles. The van der Waals surface area contributed by atoms with E-state index in [1.165, 1.54) is 34.6 Å². The first-order valence-electron chi connectivity index (χ1n) is 6.39. The number of thiophene rings is 1. The van der Waals surface area contributed by atoms with Gasteiger partial charge in [-0.2, -0.15) is 0 Å². The third-order valence-corrected chi connectivity index (χ3v) is 4.83. The SMILES string of the molecule is O=C(CC1CNC1)NCc1cc2c(s1)CCC2. The second-order valence-electron chi connectivity index (χ2n) is 5.02. The molecule has 3 nitrogen and oxygen atoms in total. The fourth-order valence-electron chi connectivity index (χ4n) is 2.49. The molecule has 1 aliphatic heterocycles. The lowest BCUT2D eigenvalue weighted by atomic mass is 9.99. The third kappa shape index (κ3) is 2.53. The van der Waals surface area contributed by atoms with Crippen molar-refractivity contribution in [3.63, 3.8) is 0 Å². The molecule has 0 bridgehead atoms. The van der Waals surface area contributed by atoms with E-state index in [4.69, 9.17) is 0 Å². The summed E-state index contributed by atoms with van der Waals surface area (Å²) in [6.45, 7) is 2.72. The van der Waals surface area contributed by atoms with Crippen LogP contribution >= 0.6 is 11.3 Å². The van der Waals surface area contributed by atoms with Crippen LogP contribution < -0.4 is 10.6 Å². The molecule has 1 saturated heterocycles. The minimum absolute atomic E-state index is 0.199. The Hall–Kier alpha value is -0.870. The summed E-state index contributed by atoms with van der Waals surface area (Å²) < 4.78 is 0. The van der Waals surface area contributed by atoms with Crippen LogP contribution in [-0.2, 0) is 24.2 Å². The highest BCUT2D eigenvalue weighted by molar-refractivity contribution is 7.12. The molecule has 2 aliphatic rings. The van der Waals surface area contributed by atoms with Crippen molar-refractivity contribution in [3.05, 3.63) is 21.4 Å². The highest BCUT2D eigenvalue weighted by Crippen LogP contribution is 2.30. The first kappa shape index (κ1) is 11.2. The molecule has 4 heteroatoms. The average molecular weight is 250 g/mol. The van der Waals surface area contributed by atoms with Gasteiger partial charge < -0.3 is 10.6 Å². The number of amides is 1. The number of nitrogens with one attached hydrogen (secondary N) is 2. The van der Waals surface area contributed by atoms with E-state index in [9.17, 15) is 4.79 Å². The van der Waals surface area contributed by atoms with Crippen molar-refractivity contribution in [2.45, 2.75) is 32.2 Å². The quantitative estimate of drug-likeness (QED) is 0.849. The molecular weight excluding hydrogens is 232 g/mol. The topological polar surface area (TPSA) is 41.1 Å². The van der Waals surface area contributed by atoms with Gasteiger partial charge in [0.2, 0.25) is 5.91 Å². The van der Waals surface area contributed by atoms with Crippen LogP contribution in [0.3, 0.4) is 0 Å². The molecule has 1 amide bonds. The molecular formula is C13H18N2OS. The minimum Gasteiger partial charge on any atom is -0.351 e. The molecule has 2 N–H and O–H groups in total. The first-order valence-corrected chi connectivity index (χ1v) is 7.21. The maximum Gasteiger partial charge on any atom is 0.220 e. The van der Waals surface area contributed by atoms with E-state index in [1.807, 2.05) is 11.3 Å². The summed E-state index contributed by atoms with van der Waals surface area (Å²) in [5, 5.41) is 6.22. The zero-order valence-electron chi connectivity index (χ0n) is 9.92. The molecule has 2 heterocycles. The van der Waals surface area contributed by atoms with Crippen molar-refractivity contribution in [2.75, 3.05) is 13.1 Å². The Morgan fingerprint density at radius 2 is 2.35 bits per heavy atom. The van der Waals surface area contributed by atoms with Crippen molar-refractivity contribution in [1.82, 2.24) is 10.6 Å². The van der Waals surface area contributed by atoms with E-state index in [1.54, 1.807) is 0 Å². The lowest BCUT2D eigenvalue weighted by Gasteiger charge is -2.26. The van der Waals surface area contributed by atoms with Gasteiger partial charge in [-0.25, -0.2) is 0 Å². The zero-order valence-corrected chi connectivity index (χ0v) is 10.7. The van der Waals surface area contributed by atoms with E-state index >= 15 is 0 Å². The van der Waals surface area contributed by atoms with E-state index in [0.717, 1.165) is 19.6 Å². The summed E-state index contributed by atoms with van der Waals surface area (Å²) >= 11 is 1.88. The summed E-state index contributed by atoms with van der Waals surface area (Å²) in [5.41, 5.74) is 1.52. The number of rotatable bonds is 4. The molecule has 0 unspecified atom stereocenters. The van der Waals surface area contributed by atoms with Gasteiger partial charge in [-0.15, -0.1) is 11.3 Å². The Labute approximate surface area is 106 Å². The molecule has 3 rings (SSSR count). The largest absolute Gasteiger partial charge is 0.351 e. The van der Waals surface area contributed by atoms with E-state index in [0.29, 0.717) is 12.3 Å². The Balaban J connectivity index is 1.47. The maximum atomic E-state index is 11.7. The average Bonchev–Trinajstić information content (AvgIpc) is 2.80. The fourth-order valence-corrected chi connectivity index (χ4v) is 3.69. The highest BCUT2D eigenvalue weighted by Gasteiger charge is 2.20. The lowest BCUT2D eigenvalue weighted by molar-refractivity contribution is -0.122. The van der Waals surface area contributed by atoms with E-state index < -0.39 is 0 Å². The van der Waals surface area contributed by atoms with Gasteiger partial charge in [0.25, 0.3) is 0 Å². The standard InChI is InChI=1S/C13H18N2OS/c16-13(4-9-6-14-7-9)15-8-11-5-10-2-1-3-12(10)17-11/h5,9,14H,1-4,6-8H2,(H,15,16). The fraction of sp³-hybridized carbons (Fsp3) is 0.615. The Morgan fingerprint density at radius 1 is 1.47 bits per heavy atom. The van der Waals surface area contributed by atoms with Crippen LogP contribution in [0.15, 0.2) is 6.07 Å². The van der Waals surface area contributed by atoms with Gasteiger partial charge in [-0.1, -0.05) is 0 Å². The predicted molar refractivity (Wildman–Crippen MR) is 69.2 cm³/mol. The summed E-state index contributed by atoms with van der Waals surface area (Å²) in [7, 11) is 0. The van der Waals surface area contributed by atoms with E-state index in [2.05, 4.69) is 16.7 Å². The van der Waals surface area contributed by atoms with Crippen LogP contribution in [0.4, 0.5) is 0 Å². The molecule has 1 aliphatic carbocycles. The van der Waals surface area contributed by atoms with Gasteiger partial charge >= 0.3 is 0 Å². The Morgan fingerprint density at radius 3 is 3.06 bits per heavy atom. The van der Waals surface area contributed by atoms with Crippen molar-refractivity contribution < 1.29 is 4.79 Å². The van der Waals surface area contributed by atoms with Gasteiger partial charge in [-0.3, -0.25) is 4.79 Å². The van der Waals surface area contributed by atoms with Crippen molar-refractivity contribution in [3.8, 4) is 0 Å². The number of hydrogen-bond donors (Lipinski definition) is 2. The summed E-state index contributed by atoms with van der Waals surface area (Å²) in [5.74, 6) is 0.758. The molecule has 0 spiro atoms. The highest BCUT2D eigenvalue weighted by atomic mass is 32.1. The molecule has 17 heavy (non-hydrogen) atoms. The summed E-state index contributed by atoms with van der Waals surface area (Å²) in [6, 6.07) is 2.28. The number of fused-ring (bicyclic) bond motifs is 1. The first-order chi connectivity index (χ1) is 8.31. The zero-order chi connectivity index (χ0) is 11.7.